The van der Waals surface area contributed by atoms with Gasteiger partial charge in [0.25, 0.3) is 5.91 Å². The van der Waals surface area contributed by atoms with Crippen LogP contribution in [0.4, 0.5) is 0 Å². The van der Waals surface area contributed by atoms with Gasteiger partial charge in [-0.3, -0.25) is 4.79 Å². The van der Waals surface area contributed by atoms with Gasteiger partial charge >= 0.3 is 0 Å². The van der Waals surface area contributed by atoms with E-state index in [1.54, 1.807) is 18.3 Å². The second-order valence-electron chi connectivity index (χ2n) is 3.78. The van der Waals surface area contributed by atoms with Gasteiger partial charge in [-0.15, -0.1) is 0 Å². The van der Waals surface area contributed by atoms with Gasteiger partial charge in [0, 0.05) is 12.7 Å². The molecule has 0 aromatic carbocycles. The second-order valence-corrected chi connectivity index (χ2v) is 4.59. The van der Waals surface area contributed by atoms with Crippen LogP contribution in [0.3, 0.4) is 0 Å². The first-order valence-corrected chi connectivity index (χ1v) is 5.93. The Balaban J connectivity index is 2.32. The lowest BCUT2D eigenvalue weighted by Gasteiger charge is -2.09. The quantitative estimate of drug-likeness (QED) is 0.659. The standard InChI is InChI=1S/C11H16BrN3O/c1-15(2)7-3-6-13-11(16)9-4-5-10(12)14-8-9/h4-5,8H,3,6-7H2,1-2H3,(H,13,16). The number of hydrogen-bond donors (Lipinski definition) is 1. The molecule has 0 radical (unpaired) electrons. The van der Waals surface area contributed by atoms with Gasteiger partial charge in [0.05, 0.1) is 5.56 Å². The van der Waals surface area contributed by atoms with Crippen molar-refractivity contribution in [2.24, 2.45) is 0 Å². The van der Waals surface area contributed by atoms with Crippen molar-refractivity contribution in [3.8, 4) is 0 Å². The number of nitrogens with one attached hydrogen (secondary N) is 1. The van der Waals surface area contributed by atoms with Gasteiger partial charge in [-0.2, -0.15) is 0 Å². The topological polar surface area (TPSA) is 45.2 Å². The molecule has 0 bridgehead atoms. The molecule has 1 aromatic rings. The van der Waals surface area contributed by atoms with E-state index in [1.807, 2.05) is 14.1 Å². The van der Waals surface area contributed by atoms with Crippen LogP contribution >= 0.6 is 15.9 Å². The Bertz CT molecular complexity index is 338. The van der Waals surface area contributed by atoms with E-state index in [0.717, 1.165) is 17.6 Å². The Labute approximate surface area is 104 Å². The molecule has 1 amide bonds. The van der Waals surface area contributed by atoms with E-state index < -0.39 is 0 Å². The molecule has 0 aliphatic carbocycles. The Hall–Kier alpha value is -0.940. The fourth-order valence-corrected chi connectivity index (χ4v) is 1.44. The Morgan fingerprint density at radius 2 is 2.25 bits per heavy atom. The molecule has 1 rings (SSSR count). The van der Waals surface area contributed by atoms with E-state index in [1.165, 1.54) is 0 Å². The molecule has 0 atom stereocenters. The predicted molar refractivity (Wildman–Crippen MR) is 67.4 cm³/mol. The highest BCUT2D eigenvalue weighted by Gasteiger charge is 2.04. The number of carbonyl (C=O) groups is 1. The zero-order chi connectivity index (χ0) is 12.0. The minimum atomic E-state index is -0.0706. The van der Waals surface area contributed by atoms with Gasteiger partial charge in [0.15, 0.2) is 0 Å². The molecule has 16 heavy (non-hydrogen) atoms. The molecule has 0 fully saturated rings. The van der Waals surface area contributed by atoms with E-state index in [4.69, 9.17) is 0 Å². The molecule has 4 nitrogen and oxygen atoms in total. The first-order valence-electron chi connectivity index (χ1n) is 5.14. The van der Waals surface area contributed by atoms with Gasteiger partial charge in [-0.25, -0.2) is 4.98 Å². The van der Waals surface area contributed by atoms with Gasteiger partial charge in [-0.1, -0.05) is 0 Å². The van der Waals surface area contributed by atoms with Crippen LogP contribution in [-0.4, -0.2) is 43.0 Å². The summed E-state index contributed by atoms with van der Waals surface area (Å²) in [7, 11) is 4.03. The number of carbonyl (C=O) groups excluding carboxylic acids is 1. The second kappa shape index (κ2) is 6.60. The highest BCUT2D eigenvalue weighted by atomic mass is 79.9. The zero-order valence-corrected chi connectivity index (χ0v) is 11.1. The molecular formula is C11H16BrN3O. The third-order valence-electron chi connectivity index (χ3n) is 2.06. The van der Waals surface area contributed by atoms with E-state index in [0.29, 0.717) is 12.1 Å². The summed E-state index contributed by atoms with van der Waals surface area (Å²) < 4.78 is 0.733. The maximum Gasteiger partial charge on any atom is 0.252 e. The largest absolute Gasteiger partial charge is 0.352 e. The fourth-order valence-electron chi connectivity index (χ4n) is 1.21. The smallest absolute Gasteiger partial charge is 0.252 e. The minimum absolute atomic E-state index is 0.0706. The summed E-state index contributed by atoms with van der Waals surface area (Å²) in [4.78, 5) is 17.7. The fraction of sp³-hybridized carbons (Fsp3) is 0.455. The number of halogens is 1. The SMILES string of the molecule is CN(C)CCCNC(=O)c1ccc(Br)nc1. The van der Waals surface area contributed by atoms with Crippen LogP contribution in [0.1, 0.15) is 16.8 Å². The van der Waals surface area contributed by atoms with Gasteiger partial charge < -0.3 is 10.2 Å². The molecule has 0 aliphatic heterocycles. The molecule has 0 aliphatic rings. The maximum atomic E-state index is 11.6. The molecule has 0 saturated heterocycles. The minimum Gasteiger partial charge on any atom is -0.352 e. The summed E-state index contributed by atoms with van der Waals surface area (Å²) in [5.74, 6) is -0.0706. The average Bonchev–Trinajstić information content (AvgIpc) is 2.25. The lowest BCUT2D eigenvalue weighted by atomic mass is 10.2. The number of nitrogens with zero attached hydrogens (tertiary/aromatic N) is 2. The molecular weight excluding hydrogens is 270 g/mol. The summed E-state index contributed by atoms with van der Waals surface area (Å²) >= 11 is 3.23. The number of aromatic nitrogens is 1. The van der Waals surface area contributed by atoms with Crippen LogP contribution < -0.4 is 5.32 Å². The number of pyridine rings is 1. The molecule has 1 heterocycles. The van der Waals surface area contributed by atoms with Crippen molar-refractivity contribution in [3.63, 3.8) is 0 Å². The van der Waals surface area contributed by atoms with E-state index in [2.05, 4.69) is 31.1 Å². The van der Waals surface area contributed by atoms with Crippen molar-refractivity contribution in [1.82, 2.24) is 15.2 Å². The van der Waals surface area contributed by atoms with Crippen molar-refractivity contribution in [2.75, 3.05) is 27.2 Å². The summed E-state index contributed by atoms with van der Waals surface area (Å²) in [5.41, 5.74) is 0.591. The van der Waals surface area contributed by atoms with E-state index >= 15 is 0 Å². The van der Waals surface area contributed by atoms with Gasteiger partial charge in [0.1, 0.15) is 4.60 Å². The van der Waals surface area contributed by atoms with Gasteiger partial charge in [-0.05, 0) is 55.1 Å². The van der Waals surface area contributed by atoms with Crippen molar-refractivity contribution in [2.45, 2.75) is 6.42 Å². The normalized spacial score (nSPS) is 10.5. The number of amides is 1. The van der Waals surface area contributed by atoms with Crippen molar-refractivity contribution < 1.29 is 4.79 Å². The van der Waals surface area contributed by atoms with Crippen molar-refractivity contribution in [3.05, 3.63) is 28.5 Å². The van der Waals surface area contributed by atoms with Crippen molar-refractivity contribution >= 4 is 21.8 Å². The lowest BCUT2D eigenvalue weighted by Crippen LogP contribution is -2.27. The molecule has 1 aromatic heterocycles. The van der Waals surface area contributed by atoms with E-state index in [9.17, 15) is 4.79 Å². The summed E-state index contributed by atoms with van der Waals surface area (Å²) in [5, 5.41) is 2.85. The molecule has 0 unspecified atom stereocenters. The molecule has 5 heteroatoms. The zero-order valence-electron chi connectivity index (χ0n) is 9.53. The summed E-state index contributed by atoms with van der Waals surface area (Å²) in [6, 6.07) is 3.51. The first kappa shape index (κ1) is 13.1. The van der Waals surface area contributed by atoms with Crippen LogP contribution in [-0.2, 0) is 0 Å². The highest BCUT2D eigenvalue weighted by molar-refractivity contribution is 9.10. The van der Waals surface area contributed by atoms with Crippen LogP contribution in [0.5, 0.6) is 0 Å². The van der Waals surface area contributed by atoms with Crippen LogP contribution in [0, 0.1) is 0 Å². The number of hydrogen-bond acceptors (Lipinski definition) is 3. The first-order chi connectivity index (χ1) is 7.59. The Morgan fingerprint density at radius 3 is 2.81 bits per heavy atom. The maximum absolute atomic E-state index is 11.6. The third kappa shape index (κ3) is 4.72. The molecule has 88 valence electrons. The van der Waals surface area contributed by atoms with Gasteiger partial charge in [0.2, 0.25) is 0 Å². The number of rotatable bonds is 5. The Kier molecular flexibility index (Phi) is 5.42. The summed E-state index contributed by atoms with van der Waals surface area (Å²) in [6.45, 7) is 1.66. The summed E-state index contributed by atoms with van der Waals surface area (Å²) in [6.07, 6.45) is 2.51. The molecule has 1 N–H and O–H groups in total. The van der Waals surface area contributed by atoms with Crippen LogP contribution in [0.15, 0.2) is 22.9 Å². The van der Waals surface area contributed by atoms with Crippen LogP contribution in [0.25, 0.3) is 0 Å². The Morgan fingerprint density at radius 1 is 1.50 bits per heavy atom. The van der Waals surface area contributed by atoms with Crippen LogP contribution in [0.2, 0.25) is 0 Å². The molecule has 0 spiro atoms. The predicted octanol–water partition coefficient (Wildman–Crippen LogP) is 1.53. The van der Waals surface area contributed by atoms with Crippen molar-refractivity contribution in [1.29, 1.82) is 0 Å². The average molecular weight is 286 g/mol. The lowest BCUT2D eigenvalue weighted by molar-refractivity contribution is 0.0952. The monoisotopic (exact) mass is 285 g/mol. The highest BCUT2D eigenvalue weighted by Crippen LogP contribution is 2.05. The molecule has 0 saturated carbocycles. The third-order valence-corrected chi connectivity index (χ3v) is 2.53. The van der Waals surface area contributed by atoms with E-state index in [-0.39, 0.29) is 5.91 Å².